The van der Waals surface area contributed by atoms with Gasteiger partial charge in [0, 0.05) is 46.2 Å². The Morgan fingerprint density at radius 2 is 1.03 bits per heavy atom. The highest BCUT2D eigenvalue weighted by molar-refractivity contribution is 6.99. The summed E-state index contributed by atoms with van der Waals surface area (Å²) in [5.74, 6) is 3.75. The molecule has 0 saturated heterocycles. The molecule has 0 aliphatic heterocycles. The monoisotopic (exact) mass is 846 g/mol. The summed E-state index contributed by atoms with van der Waals surface area (Å²) >= 11 is 1.11. The highest BCUT2D eigenvalue weighted by Crippen LogP contribution is 2.47. The Labute approximate surface area is 361 Å². The summed E-state index contributed by atoms with van der Waals surface area (Å²) < 4.78 is 36.0. The molecule has 0 bridgehead atoms. The molecule has 312 valence electrons. The van der Waals surface area contributed by atoms with Crippen LogP contribution in [0.15, 0.2) is 109 Å². The lowest BCUT2D eigenvalue weighted by Crippen LogP contribution is -2.30. The number of aromatic amines is 3. The first-order valence-corrected chi connectivity index (χ1v) is 20.4. The zero-order valence-corrected chi connectivity index (χ0v) is 35.4. The lowest BCUT2D eigenvalue weighted by Gasteiger charge is -2.34. The van der Waals surface area contributed by atoms with Crippen molar-refractivity contribution in [3.05, 3.63) is 154 Å². The van der Waals surface area contributed by atoms with Crippen LogP contribution in [0.25, 0.3) is 35.1 Å². The molecule has 2 aliphatic carbocycles. The van der Waals surface area contributed by atoms with E-state index in [-0.39, 0.29) is 0 Å². The van der Waals surface area contributed by atoms with E-state index in [4.69, 9.17) is 23.7 Å². The molecular weight excluding hydrogens is 805 g/mol. The third kappa shape index (κ3) is 6.93. The summed E-state index contributed by atoms with van der Waals surface area (Å²) in [6, 6.07) is 33.0. The van der Waals surface area contributed by atoms with Crippen LogP contribution in [0.5, 0.6) is 28.9 Å². The number of H-pyrrole nitrogens is 3. The van der Waals surface area contributed by atoms with Gasteiger partial charge in [-0.25, -0.2) is 0 Å². The van der Waals surface area contributed by atoms with Crippen LogP contribution in [-0.4, -0.2) is 85.3 Å². The van der Waals surface area contributed by atoms with Gasteiger partial charge in [0.05, 0.1) is 47.3 Å². The maximum atomic E-state index is 5.60. The van der Waals surface area contributed by atoms with Crippen molar-refractivity contribution in [2.24, 2.45) is 0 Å². The van der Waals surface area contributed by atoms with Gasteiger partial charge in [0.2, 0.25) is 5.82 Å². The number of hydrogen-bond donors (Lipinski definition) is 3. The molecule has 0 amide bonds. The standard InChI is InChI=1S/C24H22N4O3S.C22H20N6O2/c1-29-19-10-9-16(13-20(19)30-2)24(15-7-5-4-6-8-15)12-11-17-18(14-24)25-26-21(17)22-23(31-3)28-32-27-22;1-29-18-9-8-15(12-19(18)30-2)22(14-6-4-3-5-7-14)11-10-16-17(13-22)23-24-20(16)21-25-27-28-26-21/h4-13H,14H2,1-3H3,(H,25,26);3-12H,13H2,1-2H3,(H,23,24)(H,25,26,27,28). The Bertz CT molecular complexity index is 2870. The van der Waals surface area contributed by atoms with Crippen LogP contribution in [0.2, 0.25) is 0 Å². The van der Waals surface area contributed by atoms with Crippen molar-refractivity contribution in [1.82, 2.24) is 49.8 Å². The molecule has 15 nitrogen and oxygen atoms in total. The average molecular weight is 847 g/mol. The maximum Gasteiger partial charge on any atom is 0.255 e. The van der Waals surface area contributed by atoms with E-state index in [0.717, 1.165) is 51.1 Å². The van der Waals surface area contributed by atoms with Gasteiger partial charge < -0.3 is 23.7 Å². The minimum atomic E-state index is -0.401. The van der Waals surface area contributed by atoms with E-state index in [0.29, 0.717) is 58.9 Å². The van der Waals surface area contributed by atoms with Gasteiger partial charge >= 0.3 is 0 Å². The molecule has 2 aliphatic rings. The van der Waals surface area contributed by atoms with E-state index in [1.165, 1.54) is 11.1 Å². The SMILES string of the molecule is COc1ccc(C2(c3ccccc3)C=Cc3c(-c4nn[nH]n4)n[nH]c3C2)cc1OC.COc1ccc(C2(c3ccccc3)C=Cc3c(-c4nsnc4OC)n[nH]c3C2)cc1OC. The third-order valence-electron chi connectivity index (χ3n) is 11.6. The number of nitrogens with zero attached hydrogens (tertiary/aromatic N) is 7. The molecule has 0 saturated carbocycles. The summed E-state index contributed by atoms with van der Waals surface area (Å²) in [4.78, 5) is 0. The Morgan fingerprint density at radius 1 is 0.516 bits per heavy atom. The second kappa shape index (κ2) is 16.8. The third-order valence-corrected chi connectivity index (χ3v) is 12.1. The lowest BCUT2D eigenvalue weighted by molar-refractivity contribution is 0.354. The summed E-state index contributed by atoms with van der Waals surface area (Å²) in [5, 5.41) is 29.7. The number of nitrogens with one attached hydrogen (secondary N) is 3. The minimum absolute atomic E-state index is 0.394. The molecule has 2 atom stereocenters. The van der Waals surface area contributed by atoms with E-state index >= 15 is 0 Å². The minimum Gasteiger partial charge on any atom is -0.493 e. The molecule has 4 heterocycles. The number of allylic oxidation sites excluding steroid dienone is 2. The van der Waals surface area contributed by atoms with Crippen LogP contribution in [0.4, 0.5) is 0 Å². The Kier molecular flexibility index (Phi) is 10.8. The van der Waals surface area contributed by atoms with Crippen LogP contribution in [0.3, 0.4) is 0 Å². The fourth-order valence-electron chi connectivity index (χ4n) is 8.43. The van der Waals surface area contributed by atoms with Crippen molar-refractivity contribution in [3.63, 3.8) is 0 Å². The number of aromatic nitrogens is 10. The first-order chi connectivity index (χ1) is 30.4. The van der Waals surface area contributed by atoms with Crippen LogP contribution >= 0.6 is 11.7 Å². The smallest absolute Gasteiger partial charge is 0.255 e. The van der Waals surface area contributed by atoms with Crippen molar-refractivity contribution in [1.29, 1.82) is 0 Å². The number of benzene rings is 4. The number of methoxy groups -OCH3 is 5. The fraction of sp³-hybridized carbons (Fsp3) is 0.196. The molecule has 4 aromatic heterocycles. The van der Waals surface area contributed by atoms with Crippen LogP contribution in [-0.2, 0) is 23.7 Å². The topological polar surface area (TPSA) is 184 Å². The van der Waals surface area contributed by atoms with Gasteiger partial charge in [0.25, 0.3) is 5.88 Å². The second-order valence-electron chi connectivity index (χ2n) is 14.6. The largest absolute Gasteiger partial charge is 0.493 e. The molecule has 10 rings (SSSR count). The van der Waals surface area contributed by atoms with Gasteiger partial charge in [-0.15, -0.1) is 14.6 Å². The van der Waals surface area contributed by atoms with Crippen LogP contribution in [0, 0.1) is 0 Å². The number of tetrazole rings is 1. The molecule has 0 fully saturated rings. The van der Waals surface area contributed by atoms with Gasteiger partial charge in [0.1, 0.15) is 11.4 Å². The maximum absolute atomic E-state index is 5.60. The van der Waals surface area contributed by atoms with Gasteiger partial charge in [-0.2, -0.15) is 19.8 Å². The Balaban J connectivity index is 0.000000158. The Hall–Kier alpha value is -7.59. The fourth-order valence-corrected chi connectivity index (χ4v) is 8.95. The normalized spacial score (nSPS) is 17.3. The Morgan fingerprint density at radius 3 is 1.52 bits per heavy atom. The summed E-state index contributed by atoms with van der Waals surface area (Å²) in [5.41, 5.74) is 9.86. The summed E-state index contributed by atoms with van der Waals surface area (Å²) in [7, 11) is 8.18. The van der Waals surface area contributed by atoms with Gasteiger partial charge in [-0.3, -0.25) is 10.2 Å². The van der Waals surface area contributed by atoms with Crippen molar-refractivity contribution in [2.45, 2.75) is 23.7 Å². The van der Waals surface area contributed by atoms with E-state index < -0.39 is 10.8 Å². The predicted octanol–water partition coefficient (Wildman–Crippen LogP) is 7.67. The molecule has 2 unspecified atom stereocenters. The average Bonchev–Trinajstić information content (AvgIpc) is 4.19. The molecule has 0 spiro atoms. The molecule has 0 radical (unpaired) electrons. The van der Waals surface area contributed by atoms with E-state index in [1.807, 2.05) is 36.4 Å². The van der Waals surface area contributed by atoms with Crippen molar-refractivity contribution in [3.8, 4) is 51.8 Å². The highest BCUT2D eigenvalue weighted by atomic mass is 32.1. The number of rotatable bonds is 11. The van der Waals surface area contributed by atoms with Crippen molar-refractivity contribution in [2.75, 3.05) is 35.5 Å². The second-order valence-corrected chi connectivity index (χ2v) is 15.1. The van der Waals surface area contributed by atoms with Gasteiger partial charge in [-0.1, -0.05) is 97.1 Å². The summed E-state index contributed by atoms with van der Waals surface area (Å²) in [6.07, 6.45) is 10.0. The predicted molar refractivity (Wildman–Crippen MR) is 235 cm³/mol. The summed E-state index contributed by atoms with van der Waals surface area (Å²) in [6.45, 7) is 0. The highest BCUT2D eigenvalue weighted by Gasteiger charge is 2.39. The molecule has 8 aromatic rings. The zero-order chi connectivity index (χ0) is 42.7. The van der Waals surface area contributed by atoms with E-state index in [1.54, 1.807) is 35.5 Å². The number of fused-ring (bicyclic) bond motifs is 2. The number of hydrogen-bond acceptors (Lipinski definition) is 13. The first kappa shape index (κ1) is 39.8. The van der Waals surface area contributed by atoms with E-state index in [2.05, 4.69) is 135 Å². The quantitative estimate of drug-likeness (QED) is 0.116. The molecule has 62 heavy (non-hydrogen) atoms. The number of ether oxygens (including phenoxy) is 5. The van der Waals surface area contributed by atoms with Crippen molar-refractivity contribution < 1.29 is 23.7 Å². The lowest BCUT2D eigenvalue weighted by atomic mass is 9.68. The van der Waals surface area contributed by atoms with Crippen LogP contribution in [0.1, 0.15) is 44.8 Å². The van der Waals surface area contributed by atoms with Gasteiger partial charge in [0.15, 0.2) is 28.7 Å². The molecular formula is C46H42N10O5S. The van der Waals surface area contributed by atoms with Crippen LogP contribution < -0.4 is 23.7 Å². The van der Waals surface area contributed by atoms with Gasteiger partial charge in [-0.05, 0) is 51.7 Å². The molecule has 3 N–H and O–H groups in total. The molecule has 16 heteroatoms. The zero-order valence-electron chi connectivity index (χ0n) is 34.5. The van der Waals surface area contributed by atoms with Crippen molar-refractivity contribution >= 4 is 23.9 Å². The van der Waals surface area contributed by atoms with E-state index in [9.17, 15) is 0 Å². The first-order valence-electron chi connectivity index (χ1n) is 19.6. The molecule has 4 aromatic carbocycles.